The first-order valence-corrected chi connectivity index (χ1v) is 9.51. The van der Waals surface area contributed by atoms with E-state index < -0.39 is 6.04 Å². The third kappa shape index (κ3) is 5.63. The van der Waals surface area contributed by atoms with Crippen LogP contribution in [0.4, 0.5) is 5.69 Å². The van der Waals surface area contributed by atoms with Crippen molar-refractivity contribution >= 4 is 29.3 Å². The third-order valence-electron chi connectivity index (χ3n) is 3.99. The zero-order valence-corrected chi connectivity index (χ0v) is 16.7. The van der Waals surface area contributed by atoms with Crippen LogP contribution in [0.3, 0.4) is 0 Å². The van der Waals surface area contributed by atoms with Crippen molar-refractivity contribution in [1.29, 1.82) is 0 Å². The van der Waals surface area contributed by atoms with E-state index in [4.69, 9.17) is 0 Å². The first kappa shape index (κ1) is 20.0. The van der Waals surface area contributed by atoms with Crippen LogP contribution in [-0.4, -0.2) is 17.9 Å². The molecule has 26 heavy (non-hydrogen) atoms. The lowest BCUT2D eigenvalue weighted by Gasteiger charge is -2.21. The molecule has 2 N–H and O–H groups in total. The summed E-state index contributed by atoms with van der Waals surface area (Å²) < 4.78 is 0. The minimum absolute atomic E-state index is 0.0123. The zero-order valence-electron chi connectivity index (χ0n) is 15.9. The molecule has 4 nitrogen and oxygen atoms in total. The summed E-state index contributed by atoms with van der Waals surface area (Å²) in [4.78, 5) is 26.0. The standard InChI is InChI=1S/C21H26N2O2S/c1-13(2)20(22-16(5)24)21(25)23-17-7-9-18(10-8-17)26-19-11-6-14(3)12-15(19)4/h6-13,20H,1-5H3,(H,22,24)(H,23,25). The molecule has 0 aromatic heterocycles. The summed E-state index contributed by atoms with van der Waals surface area (Å²) in [5.74, 6) is -0.401. The van der Waals surface area contributed by atoms with Gasteiger partial charge in [-0.2, -0.15) is 0 Å². The summed E-state index contributed by atoms with van der Waals surface area (Å²) in [5.41, 5.74) is 3.22. The zero-order chi connectivity index (χ0) is 19.3. The lowest BCUT2D eigenvalue weighted by atomic mass is 10.0. The summed E-state index contributed by atoms with van der Waals surface area (Å²) in [7, 11) is 0. The number of hydrogen-bond acceptors (Lipinski definition) is 3. The number of amides is 2. The van der Waals surface area contributed by atoms with Crippen LogP contribution in [0.15, 0.2) is 52.3 Å². The van der Waals surface area contributed by atoms with Crippen LogP contribution >= 0.6 is 11.8 Å². The van der Waals surface area contributed by atoms with E-state index in [1.165, 1.54) is 22.9 Å². The third-order valence-corrected chi connectivity index (χ3v) is 5.17. The first-order valence-electron chi connectivity index (χ1n) is 8.69. The van der Waals surface area contributed by atoms with Gasteiger partial charge >= 0.3 is 0 Å². The number of benzene rings is 2. The van der Waals surface area contributed by atoms with Crippen molar-refractivity contribution in [2.24, 2.45) is 5.92 Å². The van der Waals surface area contributed by atoms with E-state index in [9.17, 15) is 9.59 Å². The quantitative estimate of drug-likeness (QED) is 0.784. The van der Waals surface area contributed by atoms with Crippen molar-refractivity contribution in [2.45, 2.75) is 50.5 Å². The predicted octanol–water partition coefficient (Wildman–Crippen LogP) is 4.55. The second-order valence-corrected chi connectivity index (χ2v) is 7.92. The van der Waals surface area contributed by atoms with Gasteiger partial charge in [0.2, 0.25) is 11.8 Å². The Morgan fingerprint density at radius 1 is 1.00 bits per heavy atom. The molecule has 5 heteroatoms. The normalized spacial score (nSPS) is 11.9. The molecule has 0 spiro atoms. The molecule has 2 aromatic rings. The molecular formula is C21H26N2O2S. The Bertz CT molecular complexity index is 785. The number of aryl methyl sites for hydroxylation is 2. The fourth-order valence-electron chi connectivity index (χ4n) is 2.62. The van der Waals surface area contributed by atoms with Crippen LogP contribution in [0.5, 0.6) is 0 Å². The van der Waals surface area contributed by atoms with Gasteiger partial charge in [0.1, 0.15) is 6.04 Å². The molecule has 2 rings (SSSR count). The van der Waals surface area contributed by atoms with Gasteiger partial charge in [-0.15, -0.1) is 0 Å². The van der Waals surface area contributed by atoms with E-state index in [0.717, 1.165) is 10.6 Å². The molecule has 0 fully saturated rings. The number of nitrogens with one attached hydrogen (secondary N) is 2. The van der Waals surface area contributed by atoms with Crippen LogP contribution < -0.4 is 10.6 Å². The predicted molar refractivity (Wildman–Crippen MR) is 108 cm³/mol. The van der Waals surface area contributed by atoms with Crippen molar-refractivity contribution in [3.8, 4) is 0 Å². The van der Waals surface area contributed by atoms with Gasteiger partial charge in [0.25, 0.3) is 0 Å². The Kier molecular flexibility index (Phi) is 6.86. The minimum atomic E-state index is -0.545. The van der Waals surface area contributed by atoms with Gasteiger partial charge < -0.3 is 10.6 Å². The number of hydrogen-bond donors (Lipinski definition) is 2. The Balaban J connectivity index is 2.04. The molecule has 0 aliphatic rings. The van der Waals surface area contributed by atoms with Crippen LogP contribution in [0, 0.1) is 19.8 Å². The lowest BCUT2D eigenvalue weighted by molar-refractivity contribution is -0.126. The highest BCUT2D eigenvalue weighted by atomic mass is 32.2. The van der Waals surface area contributed by atoms with Gasteiger partial charge in [-0.25, -0.2) is 0 Å². The van der Waals surface area contributed by atoms with Gasteiger partial charge in [-0.05, 0) is 55.7 Å². The number of anilines is 1. The van der Waals surface area contributed by atoms with Crippen molar-refractivity contribution in [1.82, 2.24) is 5.32 Å². The highest BCUT2D eigenvalue weighted by Gasteiger charge is 2.22. The maximum atomic E-state index is 12.4. The van der Waals surface area contributed by atoms with E-state index >= 15 is 0 Å². The van der Waals surface area contributed by atoms with Gasteiger partial charge in [0, 0.05) is 22.4 Å². The number of carbonyl (C=O) groups excluding carboxylic acids is 2. The van der Waals surface area contributed by atoms with Crippen LogP contribution in [0.2, 0.25) is 0 Å². The summed E-state index contributed by atoms with van der Waals surface area (Å²) in [6, 6.07) is 13.6. The van der Waals surface area contributed by atoms with E-state index in [-0.39, 0.29) is 17.7 Å². The smallest absolute Gasteiger partial charge is 0.247 e. The molecule has 2 amide bonds. The maximum absolute atomic E-state index is 12.4. The molecule has 1 unspecified atom stereocenters. The maximum Gasteiger partial charge on any atom is 0.247 e. The first-order chi connectivity index (χ1) is 12.3. The fourth-order valence-corrected chi connectivity index (χ4v) is 3.50. The van der Waals surface area contributed by atoms with Crippen LogP contribution in [0.1, 0.15) is 31.9 Å². The lowest BCUT2D eigenvalue weighted by Crippen LogP contribution is -2.46. The molecule has 0 aliphatic heterocycles. The second kappa shape index (κ2) is 8.90. The van der Waals surface area contributed by atoms with E-state index in [1.807, 2.05) is 38.1 Å². The molecule has 1 atom stereocenters. The molecule has 138 valence electrons. The average molecular weight is 371 g/mol. The van der Waals surface area contributed by atoms with Crippen molar-refractivity contribution < 1.29 is 9.59 Å². The minimum Gasteiger partial charge on any atom is -0.344 e. The van der Waals surface area contributed by atoms with Crippen LogP contribution in [0.25, 0.3) is 0 Å². The summed E-state index contributed by atoms with van der Waals surface area (Å²) in [6.07, 6.45) is 0. The van der Waals surface area contributed by atoms with E-state index in [1.54, 1.807) is 11.8 Å². The fraction of sp³-hybridized carbons (Fsp3) is 0.333. The Morgan fingerprint density at radius 3 is 2.19 bits per heavy atom. The second-order valence-electron chi connectivity index (χ2n) is 6.81. The van der Waals surface area contributed by atoms with Gasteiger partial charge in [0.15, 0.2) is 0 Å². The largest absolute Gasteiger partial charge is 0.344 e. The van der Waals surface area contributed by atoms with Gasteiger partial charge in [0.05, 0.1) is 0 Å². The number of carbonyl (C=O) groups is 2. The van der Waals surface area contributed by atoms with Crippen molar-refractivity contribution in [2.75, 3.05) is 5.32 Å². The molecule has 0 saturated carbocycles. The monoisotopic (exact) mass is 370 g/mol. The number of rotatable bonds is 6. The molecule has 0 aliphatic carbocycles. The SMILES string of the molecule is CC(=O)NC(C(=O)Nc1ccc(Sc2ccc(C)cc2C)cc1)C(C)C. The summed E-state index contributed by atoms with van der Waals surface area (Å²) in [5, 5.41) is 5.57. The molecule has 0 radical (unpaired) electrons. The summed E-state index contributed by atoms with van der Waals surface area (Å²) in [6.45, 7) is 9.43. The highest BCUT2D eigenvalue weighted by Crippen LogP contribution is 2.31. The van der Waals surface area contributed by atoms with Crippen LogP contribution in [-0.2, 0) is 9.59 Å². The Hall–Kier alpha value is -2.27. The van der Waals surface area contributed by atoms with E-state index in [0.29, 0.717) is 0 Å². The van der Waals surface area contributed by atoms with E-state index in [2.05, 4.69) is 42.7 Å². The molecule has 0 heterocycles. The molecule has 0 saturated heterocycles. The average Bonchev–Trinajstić information content (AvgIpc) is 2.56. The Labute approximate surface area is 159 Å². The Morgan fingerprint density at radius 2 is 1.65 bits per heavy atom. The molecular weight excluding hydrogens is 344 g/mol. The highest BCUT2D eigenvalue weighted by molar-refractivity contribution is 7.99. The van der Waals surface area contributed by atoms with Gasteiger partial charge in [-0.3, -0.25) is 9.59 Å². The van der Waals surface area contributed by atoms with Gasteiger partial charge in [-0.1, -0.05) is 43.3 Å². The topological polar surface area (TPSA) is 58.2 Å². The van der Waals surface area contributed by atoms with Crippen molar-refractivity contribution in [3.05, 3.63) is 53.6 Å². The molecule has 0 bridgehead atoms. The molecule has 2 aromatic carbocycles. The van der Waals surface area contributed by atoms with Crippen molar-refractivity contribution in [3.63, 3.8) is 0 Å². The summed E-state index contributed by atoms with van der Waals surface area (Å²) >= 11 is 1.70.